The molecule has 0 saturated carbocycles. The van der Waals surface area contributed by atoms with Crippen molar-refractivity contribution in [2.75, 3.05) is 5.75 Å². The molecule has 2 aromatic rings. The van der Waals surface area contributed by atoms with E-state index in [0.717, 1.165) is 18.2 Å². The first-order valence-corrected chi connectivity index (χ1v) is 12.6. The average Bonchev–Trinajstić information content (AvgIpc) is 2.76. The Morgan fingerprint density at radius 2 is 1.83 bits per heavy atom. The van der Waals surface area contributed by atoms with Crippen LogP contribution in [-0.4, -0.2) is 26.4 Å². The molecule has 0 aromatic heterocycles. The Bertz CT molecular complexity index is 1290. The molecule has 0 bridgehead atoms. The molecule has 0 saturated heterocycles. The standard InChI is InChI=1S/C24H22ClF4NO4S/c1-3-35(32,33)16-9-7-15(8-10-16)12-22(31)30-20-13-18(25)17(11-14(20)2)23-19(26)5-4-6-21(23)34-24(27,28)29/h4-10,13-14H,3,11-12H2,1-2H3,(H,30,31). The topological polar surface area (TPSA) is 72.5 Å². The minimum absolute atomic E-state index is 0.0235. The first-order valence-electron chi connectivity index (χ1n) is 10.6. The molecule has 3 rings (SSSR count). The molecule has 0 spiro atoms. The summed E-state index contributed by atoms with van der Waals surface area (Å²) in [5.41, 5.74) is 0.750. The van der Waals surface area contributed by atoms with E-state index in [1.165, 1.54) is 25.1 Å². The van der Waals surface area contributed by atoms with Crippen molar-refractivity contribution >= 4 is 32.9 Å². The maximum Gasteiger partial charge on any atom is 0.573 e. The zero-order valence-corrected chi connectivity index (χ0v) is 20.3. The fourth-order valence-corrected chi connectivity index (χ4v) is 4.81. The van der Waals surface area contributed by atoms with Crippen LogP contribution >= 0.6 is 11.6 Å². The molecule has 1 aliphatic rings. The molecule has 1 N–H and O–H groups in total. The predicted octanol–water partition coefficient (Wildman–Crippen LogP) is 5.75. The van der Waals surface area contributed by atoms with Crippen LogP contribution in [-0.2, 0) is 21.1 Å². The zero-order valence-electron chi connectivity index (χ0n) is 18.7. The number of sulfone groups is 1. The second-order valence-corrected chi connectivity index (χ2v) is 10.6. The van der Waals surface area contributed by atoms with Crippen molar-refractivity contribution in [2.45, 2.75) is 37.9 Å². The van der Waals surface area contributed by atoms with Crippen LogP contribution in [0.4, 0.5) is 17.6 Å². The third-order valence-corrected chi connectivity index (χ3v) is 7.51. The maximum absolute atomic E-state index is 14.5. The number of amides is 1. The van der Waals surface area contributed by atoms with Gasteiger partial charge in [0, 0.05) is 16.6 Å². The minimum atomic E-state index is -5.01. The summed E-state index contributed by atoms with van der Waals surface area (Å²) in [7, 11) is -3.35. The molecular formula is C24H22ClF4NO4S. The van der Waals surface area contributed by atoms with Gasteiger partial charge < -0.3 is 10.1 Å². The van der Waals surface area contributed by atoms with Gasteiger partial charge >= 0.3 is 6.36 Å². The predicted molar refractivity (Wildman–Crippen MR) is 124 cm³/mol. The summed E-state index contributed by atoms with van der Waals surface area (Å²) < 4.78 is 80.7. The van der Waals surface area contributed by atoms with Gasteiger partial charge in [0.1, 0.15) is 11.6 Å². The molecule has 2 aromatic carbocycles. The fourth-order valence-electron chi connectivity index (χ4n) is 3.64. The zero-order chi connectivity index (χ0) is 26.0. The van der Waals surface area contributed by atoms with E-state index >= 15 is 0 Å². The number of allylic oxidation sites excluding steroid dienone is 4. The van der Waals surface area contributed by atoms with Gasteiger partial charge in [-0.15, -0.1) is 13.2 Å². The molecule has 0 heterocycles. The fraction of sp³-hybridized carbons (Fsp3) is 0.292. The lowest BCUT2D eigenvalue weighted by Crippen LogP contribution is -2.29. The van der Waals surface area contributed by atoms with E-state index in [1.54, 1.807) is 19.1 Å². The van der Waals surface area contributed by atoms with E-state index in [-0.39, 0.29) is 39.7 Å². The summed E-state index contributed by atoms with van der Waals surface area (Å²) in [5, 5.41) is 2.70. The Hall–Kier alpha value is -2.85. The highest BCUT2D eigenvalue weighted by atomic mass is 35.5. The maximum atomic E-state index is 14.5. The molecule has 188 valence electrons. The highest BCUT2D eigenvalue weighted by Crippen LogP contribution is 2.42. The molecule has 1 amide bonds. The lowest BCUT2D eigenvalue weighted by Gasteiger charge is -2.25. The number of hydrogen-bond acceptors (Lipinski definition) is 4. The van der Waals surface area contributed by atoms with Gasteiger partial charge in [0.2, 0.25) is 5.91 Å². The van der Waals surface area contributed by atoms with Crippen LogP contribution in [0.3, 0.4) is 0 Å². The summed E-state index contributed by atoms with van der Waals surface area (Å²) in [6, 6.07) is 9.09. The van der Waals surface area contributed by atoms with Crippen LogP contribution in [0.25, 0.3) is 5.57 Å². The van der Waals surface area contributed by atoms with E-state index in [1.807, 2.05) is 0 Å². The molecule has 35 heavy (non-hydrogen) atoms. The molecule has 0 aliphatic heterocycles. The lowest BCUT2D eigenvalue weighted by atomic mass is 9.87. The number of hydrogen-bond donors (Lipinski definition) is 1. The SMILES string of the molecule is CCS(=O)(=O)c1ccc(CC(=O)NC2=CC(Cl)=C(c3c(F)cccc3OC(F)(F)F)CC2C)cc1. The number of halogens is 5. The first-order chi connectivity index (χ1) is 16.3. The van der Waals surface area contributed by atoms with Crippen molar-refractivity contribution in [3.63, 3.8) is 0 Å². The Labute approximate surface area is 205 Å². The van der Waals surface area contributed by atoms with Crippen molar-refractivity contribution in [3.05, 3.63) is 76.2 Å². The molecule has 1 atom stereocenters. The number of alkyl halides is 3. The largest absolute Gasteiger partial charge is 0.573 e. The van der Waals surface area contributed by atoms with E-state index in [9.17, 15) is 30.8 Å². The van der Waals surface area contributed by atoms with Gasteiger partial charge in [0.05, 0.1) is 22.6 Å². The van der Waals surface area contributed by atoms with Crippen LogP contribution in [0.2, 0.25) is 0 Å². The molecule has 5 nitrogen and oxygen atoms in total. The third-order valence-electron chi connectivity index (χ3n) is 5.43. The highest BCUT2D eigenvalue weighted by molar-refractivity contribution is 7.91. The first kappa shape index (κ1) is 26.7. The van der Waals surface area contributed by atoms with Crippen molar-refractivity contribution in [3.8, 4) is 5.75 Å². The molecule has 0 fully saturated rings. The Balaban J connectivity index is 1.80. The molecule has 1 unspecified atom stereocenters. The van der Waals surface area contributed by atoms with Crippen LogP contribution in [0.5, 0.6) is 5.75 Å². The van der Waals surface area contributed by atoms with E-state index < -0.39 is 39.6 Å². The number of rotatable bonds is 7. The number of ether oxygens (including phenoxy) is 1. The summed E-state index contributed by atoms with van der Waals surface area (Å²) >= 11 is 6.30. The van der Waals surface area contributed by atoms with Crippen LogP contribution in [0, 0.1) is 11.7 Å². The van der Waals surface area contributed by atoms with Crippen molar-refractivity contribution < 1.29 is 35.5 Å². The van der Waals surface area contributed by atoms with Crippen molar-refractivity contribution in [1.29, 1.82) is 0 Å². The molecule has 11 heteroatoms. The van der Waals surface area contributed by atoms with Crippen molar-refractivity contribution in [1.82, 2.24) is 5.32 Å². The van der Waals surface area contributed by atoms with Gasteiger partial charge in [-0.3, -0.25) is 4.79 Å². The summed E-state index contributed by atoms with van der Waals surface area (Å²) in [4.78, 5) is 12.7. The third kappa shape index (κ3) is 6.64. The van der Waals surface area contributed by atoms with Gasteiger partial charge in [-0.25, -0.2) is 12.8 Å². The normalized spacial score (nSPS) is 16.7. The Morgan fingerprint density at radius 3 is 2.43 bits per heavy atom. The second kappa shape index (κ2) is 10.4. The molecular weight excluding hydrogens is 510 g/mol. The average molecular weight is 532 g/mol. The van der Waals surface area contributed by atoms with Crippen LogP contribution in [0.15, 0.2) is 64.2 Å². The summed E-state index contributed by atoms with van der Waals surface area (Å²) in [5.74, 6) is -2.44. The Kier molecular flexibility index (Phi) is 7.96. The number of carbonyl (C=O) groups excluding carboxylic acids is 1. The lowest BCUT2D eigenvalue weighted by molar-refractivity contribution is -0.274. The van der Waals surface area contributed by atoms with Crippen LogP contribution < -0.4 is 10.1 Å². The second-order valence-electron chi connectivity index (χ2n) is 7.96. The van der Waals surface area contributed by atoms with Gasteiger partial charge in [-0.05, 0) is 47.9 Å². The van der Waals surface area contributed by atoms with Crippen molar-refractivity contribution in [2.24, 2.45) is 5.92 Å². The van der Waals surface area contributed by atoms with Gasteiger partial charge in [-0.2, -0.15) is 0 Å². The summed E-state index contributed by atoms with van der Waals surface area (Å²) in [6.07, 6.45) is -3.61. The van der Waals surface area contributed by atoms with E-state index in [4.69, 9.17) is 11.6 Å². The molecule has 1 aliphatic carbocycles. The number of nitrogens with one attached hydrogen (secondary N) is 1. The smallest absolute Gasteiger partial charge is 0.405 e. The molecule has 0 radical (unpaired) electrons. The monoisotopic (exact) mass is 531 g/mol. The Morgan fingerprint density at radius 1 is 1.17 bits per heavy atom. The van der Waals surface area contributed by atoms with Gasteiger partial charge in [-0.1, -0.05) is 43.6 Å². The quantitative estimate of drug-likeness (QED) is 0.462. The van der Waals surface area contributed by atoms with E-state index in [0.29, 0.717) is 11.3 Å². The summed E-state index contributed by atoms with van der Waals surface area (Å²) in [6.45, 7) is 3.25. The number of benzene rings is 2. The van der Waals surface area contributed by atoms with Gasteiger partial charge in [0.25, 0.3) is 0 Å². The minimum Gasteiger partial charge on any atom is -0.405 e. The number of carbonyl (C=O) groups is 1. The highest BCUT2D eigenvalue weighted by Gasteiger charge is 2.34. The van der Waals surface area contributed by atoms with E-state index in [2.05, 4.69) is 10.1 Å². The van der Waals surface area contributed by atoms with Crippen LogP contribution in [0.1, 0.15) is 31.4 Å². The van der Waals surface area contributed by atoms with Gasteiger partial charge in [0.15, 0.2) is 9.84 Å².